The van der Waals surface area contributed by atoms with Gasteiger partial charge in [0.2, 0.25) is 5.95 Å². The average molecular weight is 404 g/mol. The monoisotopic (exact) mass is 403 g/mol. The molecule has 2 aromatic rings. The molecule has 0 bridgehead atoms. The molecule has 1 aromatic heterocycles. The van der Waals surface area contributed by atoms with Crippen LogP contribution in [0, 0.1) is 0 Å². The normalized spacial score (nSPS) is 14.4. The van der Waals surface area contributed by atoms with Gasteiger partial charge < -0.3 is 19.9 Å². The van der Waals surface area contributed by atoms with Crippen LogP contribution in [0.1, 0.15) is 6.42 Å². The lowest BCUT2D eigenvalue weighted by Gasteiger charge is -2.21. The van der Waals surface area contributed by atoms with E-state index in [1.165, 1.54) is 7.05 Å². The van der Waals surface area contributed by atoms with Crippen molar-refractivity contribution in [3.63, 3.8) is 0 Å². The summed E-state index contributed by atoms with van der Waals surface area (Å²) in [5, 5.41) is 3.08. The molecule has 0 saturated carbocycles. The first-order valence-electron chi connectivity index (χ1n) is 9.02. The third-order valence-electron chi connectivity index (χ3n) is 4.44. The van der Waals surface area contributed by atoms with Crippen LogP contribution in [-0.4, -0.2) is 66.7 Å². The van der Waals surface area contributed by atoms with E-state index in [9.17, 15) is 9.59 Å². The minimum Gasteiger partial charge on any atom is -0.439 e. The minimum absolute atomic E-state index is 0.274. The largest absolute Gasteiger partial charge is 0.439 e. The number of benzene rings is 1. The summed E-state index contributed by atoms with van der Waals surface area (Å²) in [4.78, 5) is 35.9. The SMILES string of the molecule is CNC(=O)COC(=O)N1CCCN(c2ncc(-c3cccc(Cl)c3)cn2)CC1. The number of amides is 2. The lowest BCUT2D eigenvalue weighted by molar-refractivity contribution is -0.123. The topological polar surface area (TPSA) is 87.7 Å². The van der Waals surface area contributed by atoms with Crippen molar-refractivity contribution in [2.75, 3.05) is 44.7 Å². The van der Waals surface area contributed by atoms with Crippen LogP contribution in [0.5, 0.6) is 0 Å². The van der Waals surface area contributed by atoms with Crippen molar-refractivity contribution in [1.82, 2.24) is 20.2 Å². The Kier molecular flexibility index (Phi) is 6.65. The molecule has 148 valence electrons. The predicted octanol–water partition coefficient (Wildman–Crippen LogP) is 2.19. The fraction of sp³-hybridized carbons (Fsp3) is 0.368. The van der Waals surface area contributed by atoms with Gasteiger partial charge in [-0.25, -0.2) is 14.8 Å². The van der Waals surface area contributed by atoms with Gasteiger partial charge >= 0.3 is 6.09 Å². The molecule has 9 heteroatoms. The van der Waals surface area contributed by atoms with E-state index in [-0.39, 0.29) is 12.5 Å². The van der Waals surface area contributed by atoms with E-state index in [0.29, 0.717) is 30.6 Å². The summed E-state index contributed by atoms with van der Waals surface area (Å²) in [6.45, 7) is 2.08. The first kappa shape index (κ1) is 19.9. The summed E-state index contributed by atoms with van der Waals surface area (Å²) in [5.74, 6) is 0.282. The number of carbonyl (C=O) groups excluding carboxylic acids is 2. The van der Waals surface area contributed by atoms with Gasteiger partial charge in [-0.15, -0.1) is 0 Å². The second kappa shape index (κ2) is 9.36. The molecule has 2 amide bonds. The zero-order chi connectivity index (χ0) is 19.9. The van der Waals surface area contributed by atoms with Gasteiger partial charge in [0, 0.05) is 56.2 Å². The van der Waals surface area contributed by atoms with Gasteiger partial charge in [-0.05, 0) is 24.1 Å². The predicted molar refractivity (Wildman–Crippen MR) is 106 cm³/mol. The maximum atomic E-state index is 12.1. The van der Waals surface area contributed by atoms with E-state index >= 15 is 0 Å². The second-order valence-electron chi connectivity index (χ2n) is 6.34. The third-order valence-corrected chi connectivity index (χ3v) is 4.67. The highest BCUT2D eigenvalue weighted by atomic mass is 35.5. The molecule has 1 aliphatic rings. The molecule has 8 nitrogen and oxygen atoms in total. The number of hydrogen-bond acceptors (Lipinski definition) is 6. The number of carbonyl (C=O) groups is 2. The lowest BCUT2D eigenvalue weighted by atomic mass is 10.1. The highest BCUT2D eigenvalue weighted by molar-refractivity contribution is 6.30. The summed E-state index contributed by atoms with van der Waals surface area (Å²) in [6, 6.07) is 7.54. The molecular weight excluding hydrogens is 382 g/mol. The van der Waals surface area contributed by atoms with Gasteiger partial charge in [-0.2, -0.15) is 0 Å². The molecule has 1 aromatic carbocycles. The molecule has 2 heterocycles. The van der Waals surface area contributed by atoms with E-state index < -0.39 is 6.09 Å². The van der Waals surface area contributed by atoms with Gasteiger partial charge in [0.25, 0.3) is 5.91 Å². The van der Waals surface area contributed by atoms with E-state index in [2.05, 4.69) is 15.3 Å². The first-order valence-corrected chi connectivity index (χ1v) is 9.40. The van der Waals surface area contributed by atoms with Crippen molar-refractivity contribution < 1.29 is 14.3 Å². The van der Waals surface area contributed by atoms with Crippen LogP contribution in [-0.2, 0) is 9.53 Å². The lowest BCUT2D eigenvalue weighted by Crippen LogP contribution is -2.37. The summed E-state index contributed by atoms with van der Waals surface area (Å²) < 4.78 is 5.02. The molecular formula is C19H22ClN5O3. The van der Waals surface area contributed by atoms with E-state index in [0.717, 1.165) is 24.1 Å². The number of nitrogens with zero attached hydrogens (tertiary/aromatic N) is 4. The van der Waals surface area contributed by atoms with Crippen LogP contribution >= 0.6 is 11.6 Å². The summed E-state index contributed by atoms with van der Waals surface area (Å²) in [5.41, 5.74) is 1.85. The summed E-state index contributed by atoms with van der Waals surface area (Å²) in [6.07, 6.45) is 3.82. The Hall–Kier alpha value is -2.87. The fourth-order valence-corrected chi connectivity index (χ4v) is 3.08. The highest BCUT2D eigenvalue weighted by Crippen LogP contribution is 2.22. The molecule has 0 atom stereocenters. The maximum absolute atomic E-state index is 12.1. The Bertz CT molecular complexity index is 831. The van der Waals surface area contributed by atoms with Crippen LogP contribution in [0.2, 0.25) is 5.02 Å². The molecule has 0 radical (unpaired) electrons. The van der Waals surface area contributed by atoms with E-state index in [1.54, 1.807) is 17.3 Å². The quantitative estimate of drug-likeness (QED) is 0.841. The van der Waals surface area contributed by atoms with Crippen LogP contribution in [0.25, 0.3) is 11.1 Å². The molecule has 1 aliphatic heterocycles. The zero-order valence-corrected chi connectivity index (χ0v) is 16.4. The van der Waals surface area contributed by atoms with Gasteiger partial charge in [-0.3, -0.25) is 4.79 Å². The molecule has 0 unspecified atom stereocenters. The van der Waals surface area contributed by atoms with Crippen LogP contribution in [0.15, 0.2) is 36.7 Å². The number of hydrogen-bond donors (Lipinski definition) is 1. The first-order chi connectivity index (χ1) is 13.6. The number of halogens is 1. The Morgan fingerprint density at radius 2 is 1.93 bits per heavy atom. The van der Waals surface area contributed by atoms with Crippen molar-refractivity contribution in [3.8, 4) is 11.1 Å². The zero-order valence-electron chi connectivity index (χ0n) is 15.6. The van der Waals surface area contributed by atoms with Crippen molar-refractivity contribution in [3.05, 3.63) is 41.7 Å². The van der Waals surface area contributed by atoms with Crippen LogP contribution in [0.4, 0.5) is 10.7 Å². The second-order valence-corrected chi connectivity index (χ2v) is 6.77. The smallest absolute Gasteiger partial charge is 0.410 e. The Labute approximate surface area is 168 Å². The Balaban J connectivity index is 1.59. The van der Waals surface area contributed by atoms with E-state index in [1.807, 2.05) is 29.2 Å². The number of ether oxygens (including phenoxy) is 1. The highest BCUT2D eigenvalue weighted by Gasteiger charge is 2.22. The number of aromatic nitrogens is 2. The molecule has 0 spiro atoms. The van der Waals surface area contributed by atoms with Gasteiger partial charge in [0.15, 0.2) is 6.61 Å². The molecule has 3 rings (SSSR count). The maximum Gasteiger partial charge on any atom is 0.410 e. The van der Waals surface area contributed by atoms with Crippen LogP contribution < -0.4 is 10.2 Å². The molecule has 28 heavy (non-hydrogen) atoms. The molecule has 1 fully saturated rings. The van der Waals surface area contributed by atoms with Crippen molar-refractivity contribution in [2.24, 2.45) is 0 Å². The Morgan fingerprint density at radius 1 is 1.14 bits per heavy atom. The number of likely N-dealkylation sites (N-methyl/N-ethyl adjacent to an activating group) is 1. The van der Waals surface area contributed by atoms with Gasteiger partial charge in [0.1, 0.15) is 0 Å². The molecule has 1 saturated heterocycles. The van der Waals surface area contributed by atoms with Gasteiger partial charge in [-0.1, -0.05) is 23.7 Å². The Morgan fingerprint density at radius 3 is 2.64 bits per heavy atom. The summed E-state index contributed by atoms with van der Waals surface area (Å²) in [7, 11) is 1.50. The fourth-order valence-electron chi connectivity index (χ4n) is 2.89. The average Bonchev–Trinajstić information content (AvgIpc) is 2.98. The summed E-state index contributed by atoms with van der Waals surface area (Å²) >= 11 is 6.04. The third kappa shape index (κ3) is 5.10. The number of rotatable bonds is 4. The van der Waals surface area contributed by atoms with Crippen LogP contribution in [0.3, 0.4) is 0 Å². The standard InChI is InChI=1S/C19H22ClN5O3/c1-21-17(26)13-28-19(27)25-7-3-6-24(8-9-25)18-22-11-15(12-23-18)14-4-2-5-16(20)10-14/h2,4-5,10-12H,3,6-9,13H2,1H3,(H,21,26). The van der Waals surface area contributed by atoms with E-state index in [4.69, 9.17) is 16.3 Å². The minimum atomic E-state index is -0.484. The van der Waals surface area contributed by atoms with Crippen molar-refractivity contribution in [1.29, 1.82) is 0 Å². The molecule has 1 N–H and O–H groups in total. The van der Waals surface area contributed by atoms with Crippen molar-refractivity contribution in [2.45, 2.75) is 6.42 Å². The van der Waals surface area contributed by atoms with Crippen molar-refractivity contribution >= 4 is 29.5 Å². The number of anilines is 1. The van der Waals surface area contributed by atoms with Gasteiger partial charge in [0.05, 0.1) is 0 Å². The molecule has 0 aliphatic carbocycles. The number of nitrogens with one attached hydrogen (secondary N) is 1.